The minimum absolute atomic E-state index is 0.651. The molecule has 0 aliphatic carbocycles. The van der Waals surface area contributed by atoms with Crippen molar-refractivity contribution in [2.75, 3.05) is 7.05 Å². The molecular formula is C12H26N2. The van der Waals surface area contributed by atoms with Crippen LogP contribution in [0.3, 0.4) is 0 Å². The van der Waals surface area contributed by atoms with Crippen LogP contribution in [0.15, 0.2) is 0 Å². The third-order valence-electron chi connectivity index (χ3n) is 4.22. The molecule has 1 saturated heterocycles. The van der Waals surface area contributed by atoms with Gasteiger partial charge in [-0.05, 0) is 48.6 Å². The minimum Gasteiger partial charge on any atom is -0.298 e. The van der Waals surface area contributed by atoms with E-state index in [1.165, 1.54) is 0 Å². The maximum Gasteiger partial charge on any atom is 0.0226 e. The monoisotopic (exact) mass is 198 g/mol. The van der Waals surface area contributed by atoms with Crippen LogP contribution in [-0.4, -0.2) is 47.1 Å². The Morgan fingerprint density at radius 3 is 1.43 bits per heavy atom. The summed E-state index contributed by atoms with van der Waals surface area (Å²) in [5, 5.41) is 0. The molecule has 14 heavy (non-hydrogen) atoms. The Hall–Kier alpha value is -0.0800. The fourth-order valence-corrected chi connectivity index (χ4v) is 2.86. The van der Waals surface area contributed by atoms with E-state index < -0.39 is 0 Å². The van der Waals surface area contributed by atoms with Gasteiger partial charge < -0.3 is 0 Å². The summed E-state index contributed by atoms with van der Waals surface area (Å²) in [5.74, 6) is 0. The molecule has 0 aromatic heterocycles. The average molecular weight is 198 g/mol. The number of piperazine rings is 1. The first-order chi connectivity index (χ1) is 6.37. The van der Waals surface area contributed by atoms with Crippen LogP contribution < -0.4 is 0 Å². The van der Waals surface area contributed by atoms with Crippen molar-refractivity contribution >= 4 is 0 Å². The van der Waals surface area contributed by atoms with E-state index in [0.29, 0.717) is 30.2 Å². The molecule has 2 heteroatoms. The topological polar surface area (TPSA) is 6.48 Å². The second kappa shape index (κ2) is 4.19. The van der Waals surface area contributed by atoms with Crippen molar-refractivity contribution in [1.82, 2.24) is 9.80 Å². The summed E-state index contributed by atoms with van der Waals surface area (Å²) in [7, 11) is 2.25. The van der Waals surface area contributed by atoms with Crippen molar-refractivity contribution in [2.45, 2.75) is 71.8 Å². The number of nitrogens with zero attached hydrogens (tertiary/aromatic N) is 2. The third-order valence-corrected chi connectivity index (χ3v) is 4.22. The van der Waals surface area contributed by atoms with E-state index in [0.717, 1.165) is 0 Å². The largest absolute Gasteiger partial charge is 0.298 e. The minimum atomic E-state index is 0.651. The first-order valence-corrected chi connectivity index (χ1v) is 5.87. The SMILES string of the molecule is CC1C(C)N(C(C)C)C(C)C(C)N1C. The average Bonchev–Trinajstić information content (AvgIpc) is 2.11. The van der Waals surface area contributed by atoms with Crippen LogP contribution in [0.25, 0.3) is 0 Å². The Kier molecular flexibility index (Phi) is 3.59. The first-order valence-electron chi connectivity index (χ1n) is 5.87. The number of likely N-dealkylation sites (N-methyl/N-ethyl adjacent to an activating group) is 1. The van der Waals surface area contributed by atoms with Gasteiger partial charge in [0.15, 0.2) is 0 Å². The van der Waals surface area contributed by atoms with Crippen molar-refractivity contribution in [3.05, 3.63) is 0 Å². The fourth-order valence-electron chi connectivity index (χ4n) is 2.86. The van der Waals surface area contributed by atoms with Gasteiger partial charge in [0.1, 0.15) is 0 Å². The third kappa shape index (κ3) is 1.82. The van der Waals surface area contributed by atoms with Gasteiger partial charge in [-0.1, -0.05) is 0 Å². The second-order valence-electron chi connectivity index (χ2n) is 5.17. The second-order valence-corrected chi connectivity index (χ2v) is 5.17. The molecular weight excluding hydrogens is 172 g/mol. The molecule has 0 N–H and O–H groups in total. The van der Waals surface area contributed by atoms with Crippen LogP contribution in [0.4, 0.5) is 0 Å². The molecule has 0 amide bonds. The van der Waals surface area contributed by atoms with Crippen molar-refractivity contribution in [1.29, 1.82) is 0 Å². The molecule has 0 aromatic rings. The van der Waals surface area contributed by atoms with Gasteiger partial charge in [-0.2, -0.15) is 0 Å². The lowest BCUT2D eigenvalue weighted by Gasteiger charge is -2.53. The molecule has 1 rings (SSSR count). The van der Waals surface area contributed by atoms with Crippen molar-refractivity contribution in [3.8, 4) is 0 Å². The molecule has 1 aliphatic rings. The molecule has 1 fully saturated rings. The van der Waals surface area contributed by atoms with Crippen LogP contribution >= 0.6 is 0 Å². The quantitative estimate of drug-likeness (QED) is 0.637. The molecule has 84 valence electrons. The Bertz CT molecular complexity index is 175. The van der Waals surface area contributed by atoms with Crippen LogP contribution in [0.1, 0.15) is 41.5 Å². The lowest BCUT2D eigenvalue weighted by molar-refractivity contribution is -0.0426. The highest BCUT2D eigenvalue weighted by Crippen LogP contribution is 2.26. The smallest absolute Gasteiger partial charge is 0.0226 e. The van der Waals surface area contributed by atoms with E-state index in [1.807, 2.05) is 0 Å². The van der Waals surface area contributed by atoms with Crippen LogP contribution in [-0.2, 0) is 0 Å². The number of rotatable bonds is 1. The zero-order valence-electron chi connectivity index (χ0n) is 10.8. The molecule has 0 spiro atoms. The van der Waals surface area contributed by atoms with Crippen molar-refractivity contribution in [2.24, 2.45) is 0 Å². The van der Waals surface area contributed by atoms with Crippen LogP contribution in [0.2, 0.25) is 0 Å². The summed E-state index contributed by atoms with van der Waals surface area (Å²) < 4.78 is 0. The van der Waals surface area contributed by atoms with E-state index in [2.05, 4.69) is 58.4 Å². The molecule has 0 radical (unpaired) electrons. The number of hydrogen-bond donors (Lipinski definition) is 0. The standard InChI is InChI=1S/C12H26N2/c1-8(2)14-11(5)9(3)13(7)10(4)12(14)6/h8-12H,1-7H3. The van der Waals surface area contributed by atoms with Crippen LogP contribution in [0, 0.1) is 0 Å². The summed E-state index contributed by atoms with van der Waals surface area (Å²) in [6, 6.07) is 3.28. The molecule has 4 unspecified atom stereocenters. The van der Waals surface area contributed by atoms with Gasteiger partial charge in [0, 0.05) is 30.2 Å². The molecule has 2 nitrogen and oxygen atoms in total. The Morgan fingerprint density at radius 1 is 0.786 bits per heavy atom. The van der Waals surface area contributed by atoms with Gasteiger partial charge >= 0.3 is 0 Å². The van der Waals surface area contributed by atoms with Crippen molar-refractivity contribution in [3.63, 3.8) is 0 Å². The van der Waals surface area contributed by atoms with Gasteiger partial charge in [-0.15, -0.1) is 0 Å². The van der Waals surface area contributed by atoms with Crippen LogP contribution in [0.5, 0.6) is 0 Å². The normalized spacial score (nSPS) is 42.0. The van der Waals surface area contributed by atoms with E-state index in [9.17, 15) is 0 Å². The Morgan fingerprint density at radius 2 is 1.14 bits per heavy atom. The van der Waals surface area contributed by atoms with Gasteiger partial charge in [0.25, 0.3) is 0 Å². The lowest BCUT2D eigenvalue weighted by Crippen LogP contribution is -2.65. The van der Waals surface area contributed by atoms with Gasteiger partial charge in [-0.3, -0.25) is 9.80 Å². The van der Waals surface area contributed by atoms with Gasteiger partial charge in [0.05, 0.1) is 0 Å². The molecule has 4 atom stereocenters. The van der Waals surface area contributed by atoms with E-state index in [1.54, 1.807) is 0 Å². The summed E-state index contributed by atoms with van der Waals surface area (Å²) in [4.78, 5) is 5.16. The highest BCUT2D eigenvalue weighted by atomic mass is 15.3. The zero-order valence-corrected chi connectivity index (χ0v) is 10.8. The first kappa shape index (κ1) is 12.0. The Balaban J connectivity index is 2.86. The predicted molar refractivity (Wildman–Crippen MR) is 62.6 cm³/mol. The number of hydrogen-bond acceptors (Lipinski definition) is 2. The summed E-state index contributed by atoms with van der Waals surface area (Å²) >= 11 is 0. The van der Waals surface area contributed by atoms with Gasteiger partial charge in [-0.25, -0.2) is 0 Å². The highest BCUT2D eigenvalue weighted by molar-refractivity contribution is 4.95. The lowest BCUT2D eigenvalue weighted by atomic mass is 9.94. The van der Waals surface area contributed by atoms with E-state index >= 15 is 0 Å². The molecule has 1 aliphatic heterocycles. The summed E-state index contributed by atoms with van der Waals surface area (Å²) in [6.45, 7) is 14.0. The fraction of sp³-hybridized carbons (Fsp3) is 1.00. The molecule has 0 aromatic carbocycles. The molecule has 0 bridgehead atoms. The van der Waals surface area contributed by atoms with E-state index in [4.69, 9.17) is 0 Å². The van der Waals surface area contributed by atoms with Gasteiger partial charge in [0.2, 0.25) is 0 Å². The van der Waals surface area contributed by atoms with Crippen molar-refractivity contribution < 1.29 is 0 Å². The maximum atomic E-state index is 2.65. The predicted octanol–water partition coefficient (Wildman–Crippen LogP) is 2.20. The summed E-state index contributed by atoms with van der Waals surface area (Å²) in [6.07, 6.45) is 0. The Labute approximate surface area is 89.3 Å². The molecule has 0 saturated carbocycles. The highest BCUT2D eigenvalue weighted by Gasteiger charge is 2.38. The maximum absolute atomic E-state index is 2.65. The summed E-state index contributed by atoms with van der Waals surface area (Å²) in [5.41, 5.74) is 0. The zero-order chi connectivity index (χ0) is 11.0. The molecule has 1 heterocycles. The van der Waals surface area contributed by atoms with E-state index in [-0.39, 0.29) is 0 Å².